The highest BCUT2D eigenvalue weighted by Crippen LogP contribution is 2.38. The molecule has 0 heterocycles. The topological polar surface area (TPSA) is 38.0 Å². The van der Waals surface area contributed by atoms with Crippen LogP contribution in [0.4, 0.5) is 0 Å². The molecule has 2 aliphatic rings. The van der Waals surface area contributed by atoms with E-state index in [9.17, 15) is 0 Å². The van der Waals surface area contributed by atoms with Crippen molar-refractivity contribution < 1.29 is 0 Å². The molecule has 0 radical (unpaired) electrons. The highest BCUT2D eigenvalue weighted by molar-refractivity contribution is 4.94. The smallest absolute Gasteiger partial charge is 0.0121 e. The van der Waals surface area contributed by atoms with E-state index in [0.717, 1.165) is 6.04 Å². The summed E-state index contributed by atoms with van der Waals surface area (Å²) in [6.07, 6.45) is 7.82. The average molecular weight is 196 g/mol. The monoisotopic (exact) mass is 196 g/mol. The molecule has 3 unspecified atom stereocenters. The van der Waals surface area contributed by atoms with Crippen molar-refractivity contribution in [2.45, 2.75) is 70.5 Å². The van der Waals surface area contributed by atoms with Crippen LogP contribution in [-0.4, -0.2) is 18.1 Å². The SMILES string of the molecule is CC1(C)CCCC1NC1CCC(N)C1. The summed E-state index contributed by atoms with van der Waals surface area (Å²) >= 11 is 0. The summed E-state index contributed by atoms with van der Waals surface area (Å²) in [4.78, 5) is 0. The molecule has 0 spiro atoms. The third kappa shape index (κ3) is 2.12. The Morgan fingerprint density at radius 3 is 2.50 bits per heavy atom. The normalized spacial score (nSPS) is 41.8. The Balaban J connectivity index is 1.85. The Labute approximate surface area is 87.6 Å². The van der Waals surface area contributed by atoms with Crippen LogP contribution in [0.3, 0.4) is 0 Å². The Morgan fingerprint density at radius 1 is 1.21 bits per heavy atom. The molecule has 0 aliphatic heterocycles. The van der Waals surface area contributed by atoms with Gasteiger partial charge in [-0.3, -0.25) is 0 Å². The van der Waals surface area contributed by atoms with Gasteiger partial charge in [0, 0.05) is 18.1 Å². The summed E-state index contributed by atoms with van der Waals surface area (Å²) < 4.78 is 0. The summed E-state index contributed by atoms with van der Waals surface area (Å²) in [5.41, 5.74) is 6.43. The molecule has 0 bridgehead atoms. The predicted octanol–water partition coefficient (Wildman–Crippen LogP) is 2.03. The molecular formula is C12H24N2. The molecule has 0 aromatic carbocycles. The Bertz CT molecular complexity index is 200. The Morgan fingerprint density at radius 2 is 2.00 bits per heavy atom. The second kappa shape index (κ2) is 3.82. The lowest BCUT2D eigenvalue weighted by Crippen LogP contribution is -2.43. The van der Waals surface area contributed by atoms with Gasteiger partial charge in [-0.2, -0.15) is 0 Å². The van der Waals surface area contributed by atoms with Crippen molar-refractivity contribution in [3.8, 4) is 0 Å². The molecule has 0 aromatic heterocycles. The Hall–Kier alpha value is -0.0800. The highest BCUT2D eigenvalue weighted by atomic mass is 15.0. The molecule has 14 heavy (non-hydrogen) atoms. The summed E-state index contributed by atoms with van der Waals surface area (Å²) in [5.74, 6) is 0. The summed E-state index contributed by atoms with van der Waals surface area (Å²) in [5, 5.41) is 3.82. The fourth-order valence-corrected chi connectivity index (χ4v) is 3.09. The molecule has 0 aromatic rings. The van der Waals surface area contributed by atoms with Crippen molar-refractivity contribution in [3.05, 3.63) is 0 Å². The first-order valence-corrected chi connectivity index (χ1v) is 6.09. The lowest BCUT2D eigenvalue weighted by Gasteiger charge is -2.30. The van der Waals surface area contributed by atoms with Gasteiger partial charge in [-0.05, 0) is 37.5 Å². The van der Waals surface area contributed by atoms with Crippen LogP contribution in [0.25, 0.3) is 0 Å². The van der Waals surface area contributed by atoms with Crippen molar-refractivity contribution in [2.24, 2.45) is 11.1 Å². The first kappa shape index (κ1) is 10.4. The van der Waals surface area contributed by atoms with Crippen LogP contribution < -0.4 is 11.1 Å². The molecular weight excluding hydrogens is 172 g/mol. The molecule has 2 nitrogen and oxygen atoms in total. The first-order valence-electron chi connectivity index (χ1n) is 6.09. The zero-order chi connectivity index (χ0) is 10.2. The van der Waals surface area contributed by atoms with Gasteiger partial charge in [0.05, 0.1) is 0 Å². The number of nitrogens with two attached hydrogens (primary N) is 1. The molecule has 0 saturated heterocycles. The van der Waals surface area contributed by atoms with Gasteiger partial charge in [0.15, 0.2) is 0 Å². The third-order valence-corrected chi connectivity index (χ3v) is 4.17. The lowest BCUT2D eigenvalue weighted by molar-refractivity contribution is 0.261. The van der Waals surface area contributed by atoms with Gasteiger partial charge < -0.3 is 11.1 Å². The van der Waals surface area contributed by atoms with E-state index in [0.29, 0.717) is 17.5 Å². The number of rotatable bonds is 2. The second-order valence-electron chi connectivity index (χ2n) is 5.87. The van der Waals surface area contributed by atoms with Crippen LogP contribution >= 0.6 is 0 Å². The lowest BCUT2D eigenvalue weighted by atomic mass is 9.87. The molecule has 2 heteroatoms. The molecule has 2 fully saturated rings. The van der Waals surface area contributed by atoms with Crippen LogP contribution in [0, 0.1) is 5.41 Å². The fraction of sp³-hybridized carbons (Fsp3) is 1.00. The van der Waals surface area contributed by atoms with E-state index >= 15 is 0 Å². The van der Waals surface area contributed by atoms with E-state index in [1.165, 1.54) is 38.5 Å². The van der Waals surface area contributed by atoms with Crippen LogP contribution in [0.2, 0.25) is 0 Å². The van der Waals surface area contributed by atoms with Crippen LogP contribution in [0.1, 0.15) is 52.4 Å². The largest absolute Gasteiger partial charge is 0.328 e. The van der Waals surface area contributed by atoms with Crippen molar-refractivity contribution in [1.82, 2.24) is 5.32 Å². The second-order valence-corrected chi connectivity index (χ2v) is 5.87. The quantitative estimate of drug-likeness (QED) is 0.709. The number of nitrogens with one attached hydrogen (secondary N) is 1. The maximum atomic E-state index is 5.93. The Kier molecular flexibility index (Phi) is 2.85. The molecule has 2 saturated carbocycles. The summed E-state index contributed by atoms with van der Waals surface area (Å²) in [7, 11) is 0. The van der Waals surface area contributed by atoms with E-state index in [1.807, 2.05) is 0 Å². The predicted molar refractivity (Wildman–Crippen MR) is 60.2 cm³/mol. The van der Waals surface area contributed by atoms with Gasteiger partial charge in [-0.25, -0.2) is 0 Å². The van der Waals surface area contributed by atoms with E-state index in [1.54, 1.807) is 0 Å². The highest BCUT2D eigenvalue weighted by Gasteiger charge is 2.36. The van der Waals surface area contributed by atoms with Crippen LogP contribution in [0.15, 0.2) is 0 Å². The number of hydrogen-bond acceptors (Lipinski definition) is 2. The third-order valence-electron chi connectivity index (χ3n) is 4.17. The van der Waals surface area contributed by atoms with Gasteiger partial charge in [0.1, 0.15) is 0 Å². The minimum absolute atomic E-state index is 0.456. The van der Waals surface area contributed by atoms with Gasteiger partial charge in [-0.1, -0.05) is 20.3 Å². The van der Waals surface area contributed by atoms with Crippen molar-refractivity contribution in [2.75, 3.05) is 0 Å². The average Bonchev–Trinajstić information content (AvgIpc) is 2.61. The van der Waals surface area contributed by atoms with Crippen molar-refractivity contribution >= 4 is 0 Å². The van der Waals surface area contributed by atoms with E-state index < -0.39 is 0 Å². The van der Waals surface area contributed by atoms with Gasteiger partial charge in [0.25, 0.3) is 0 Å². The van der Waals surface area contributed by atoms with E-state index in [2.05, 4.69) is 19.2 Å². The first-order chi connectivity index (χ1) is 6.58. The minimum atomic E-state index is 0.456. The van der Waals surface area contributed by atoms with Gasteiger partial charge in [-0.15, -0.1) is 0 Å². The van der Waals surface area contributed by atoms with Crippen molar-refractivity contribution in [3.63, 3.8) is 0 Å². The number of hydrogen-bond donors (Lipinski definition) is 2. The molecule has 2 rings (SSSR count). The van der Waals surface area contributed by atoms with Gasteiger partial charge >= 0.3 is 0 Å². The summed E-state index contributed by atoms with van der Waals surface area (Å²) in [6, 6.07) is 1.89. The van der Waals surface area contributed by atoms with E-state index in [4.69, 9.17) is 5.73 Å². The zero-order valence-electron chi connectivity index (χ0n) is 9.55. The van der Waals surface area contributed by atoms with Crippen LogP contribution in [0.5, 0.6) is 0 Å². The summed E-state index contributed by atoms with van der Waals surface area (Å²) in [6.45, 7) is 4.79. The zero-order valence-corrected chi connectivity index (χ0v) is 9.55. The molecule has 3 atom stereocenters. The molecule has 2 aliphatic carbocycles. The minimum Gasteiger partial charge on any atom is -0.328 e. The fourth-order valence-electron chi connectivity index (χ4n) is 3.09. The molecule has 3 N–H and O–H groups in total. The van der Waals surface area contributed by atoms with Crippen LogP contribution in [-0.2, 0) is 0 Å². The molecule has 82 valence electrons. The van der Waals surface area contributed by atoms with E-state index in [-0.39, 0.29) is 0 Å². The van der Waals surface area contributed by atoms with Crippen molar-refractivity contribution in [1.29, 1.82) is 0 Å². The maximum Gasteiger partial charge on any atom is 0.0121 e. The molecule has 0 amide bonds. The maximum absolute atomic E-state index is 5.93. The van der Waals surface area contributed by atoms with Gasteiger partial charge in [0.2, 0.25) is 0 Å². The standard InChI is InChI=1S/C12H24N2/c1-12(2)7-3-4-11(12)14-10-6-5-9(13)8-10/h9-11,14H,3-8,13H2,1-2H3.